The van der Waals surface area contributed by atoms with Crippen LogP contribution in [0.15, 0.2) is 18.2 Å². The smallest absolute Gasteiger partial charge is 0.254 e. The van der Waals surface area contributed by atoms with Crippen molar-refractivity contribution in [2.24, 2.45) is 5.73 Å². The van der Waals surface area contributed by atoms with Gasteiger partial charge in [0.05, 0.1) is 12.3 Å². The van der Waals surface area contributed by atoms with E-state index in [0.29, 0.717) is 17.9 Å². The Labute approximate surface area is 115 Å². The molecule has 0 aliphatic heterocycles. The summed E-state index contributed by atoms with van der Waals surface area (Å²) >= 11 is 0. The summed E-state index contributed by atoms with van der Waals surface area (Å²) in [7, 11) is 3.76. The van der Waals surface area contributed by atoms with Crippen molar-refractivity contribution in [3.63, 3.8) is 0 Å². The van der Waals surface area contributed by atoms with E-state index in [-0.39, 0.29) is 0 Å². The molecule has 0 atom stereocenters. The Balaban J connectivity index is 2.77. The van der Waals surface area contributed by atoms with E-state index in [1.807, 2.05) is 31.1 Å². The van der Waals surface area contributed by atoms with Gasteiger partial charge in [-0.15, -0.1) is 0 Å². The molecule has 0 heterocycles. The highest BCUT2D eigenvalue weighted by Gasteiger charge is 2.16. The van der Waals surface area contributed by atoms with Crippen LogP contribution in [0.1, 0.15) is 43.0 Å². The maximum atomic E-state index is 11.6. The monoisotopic (exact) mass is 264 g/mol. The lowest BCUT2D eigenvalue weighted by Crippen LogP contribution is -2.20. The van der Waals surface area contributed by atoms with E-state index in [0.717, 1.165) is 18.5 Å². The number of amides is 1. The maximum Gasteiger partial charge on any atom is 0.254 e. The number of rotatable bonds is 8. The number of nitrogens with two attached hydrogens (primary N) is 1. The van der Waals surface area contributed by atoms with Crippen LogP contribution in [0.3, 0.4) is 0 Å². The van der Waals surface area contributed by atoms with Crippen molar-refractivity contribution in [3.8, 4) is 5.75 Å². The minimum atomic E-state index is -0.451. The fourth-order valence-electron chi connectivity index (χ4n) is 1.97. The second-order valence-corrected chi connectivity index (χ2v) is 4.82. The van der Waals surface area contributed by atoms with Crippen molar-refractivity contribution >= 4 is 11.6 Å². The molecule has 0 fully saturated rings. The van der Waals surface area contributed by atoms with Crippen LogP contribution in [0.2, 0.25) is 0 Å². The quantitative estimate of drug-likeness (QED) is 0.735. The second kappa shape index (κ2) is 7.67. The highest BCUT2D eigenvalue weighted by atomic mass is 16.5. The Morgan fingerprint density at radius 1 is 1.26 bits per heavy atom. The molecule has 0 aliphatic rings. The summed E-state index contributed by atoms with van der Waals surface area (Å²) < 4.78 is 5.71. The van der Waals surface area contributed by atoms with Crippen molar-refractivity contribution in [2.45, 2.75) is 32.6 Å². The van der Waals surface area contributed by atoms with Crippen molar-refractivity contribution in [3.05, 3.63) is 23.8 Å². The lowest BCUT2D eigenvalue weighted by Gasteiger charge is -2.18. The van der Waals surface area contributed by atoms with E-state index in [2.05, 4.69) is 6.92 Å². The average molecular weight is 264 g/mol. The van der Waals surface area contributed by atoms with Gasteiger partial charge in [-0.1, -0.05) is 32.3 Å². The van der Waals surface area contributed by atoms with Crippen LogP contribution in [0.4, 0.5) is 5.69 Å². The van der Waals surface area contributed by atoms with Crippen molar-refractivity contribution in [1.29, 1.82) is 0 Å². The lowest BCUT2D eigenvalue weighted by molar-refractivity contribution is 0.0997. The summed E-state index contributed by atoms with van der Waals surface area (Å²) in [6.07, 6.45) is 4.56. The van der Waals surface area contributed by atoms with Gasteiger partial charge < -0.3 is 15.4 Å². The zero-order chi connectivity index (χ0) is 14.3. The Kier molecular flexibility index (Phi) is 6.19. The lowest BCUT2D eigenvalue weighted by atomic mass is 10.1. The summed E-state index contributed by atoms with van der Waals surface area (Å²) in [5.41, 5.74) is 6.71. The number of hydrogen-bond acceptors (Lipinski definition) is 3. The van der Waals surface area contributed by atoms with Crippen molar-refractivity contribution in [2.75, 3.05) is 25.6 Å². The Bertz CT molecular complexity index is 417. The number of benzene rings is 1. The van der Waals surface area contributed by atoms with E-state index >= 15 is 0 Å². The number of anilines is 1. The fraction of sp³-hybridized carbons (Fsp3) is 0.533. The van der Waals surface area contributed by atoms with Crippen LogP contribution in [-0.2, 0) is 0 Å². The van der Waals surface area contributed by atoms with E-state index in [9.17, 15) is 4.79 Å². The highest BCUT2D eigenvalue weighted by Crippen LogP contribution is 2.28. The van der Waals surface area contributed by atoms with Crippen LogP contribution < -0.4 is 15.4 Å². The summed E-state index contributed by atoms with van der Waals surface area (Å²) in [4.78, 5) is 13.5. The highest BCUT2D eigenvalue weighted by molar-refractivity contribution is 6.01. The molecule has 1 amide bonds. The number of primary amides is 1. The van der Waals surface area contributed by atoms with Crippen LogP contribution in [0.5, 0.6) is 5.75 Å². The van der Waals surface area contributed by atoms with Gasteiger partial charge in [-0.25, -0.2) is 0 Å². The van der Waals surface area contributed by atoms with Gasteiger partial charge in [-0.05, 0) is 18.6 Å². The Hall–Kier alpha value is -1.71. The first-order valence-electron chi connectivity index (χ1n) is 6.80. The van der Waals surface area contributed by atoms with Gasteiger partial charge in [-0.2, -0.15) is 0 Å². The molecule has 0 aromatic heterocycles. The third kappa shape index (κ3) is 4.47. The Morgan fingerprint density at radius 3 is 2.58 bits per heavy atom. The van der Waals surface area contributed by atoms with Gasteiger partial charge in [-0.3, -0.25) is 4.79 Å². The molecule has 0 bridgehead atoms. The molecular formula is C15H24N2O2. The minimum Gasteiger partial charge on any atom is -0.493 e. The number of nitrogens with zero attached hydrogens (tertiary/aromatic N) is 1. The van der Waals surface area contributed by atoms with Crippen LogP contribution in [-0.4, -0.2) is 26.6 Å². The fourth-order valence-corrected chi connectivity index (χ4v) is 1.97. The molecule has 1 rings (SSSR count). The van der Waals surface area contributed by atoms with Gasteiger partial charge in [0.25, 0.3) is 5.91 Å². The van der Waals surface area contributed by atoms with E-state index < -0.39 is 5.91 Å². The predicted molar refractivity (Wildman–Crippen MR) is 78.9 cm³/mol. The van der Waals surface area contributed by atoms with Crippen LogP contribution >= 0.6 is 0 Å². The Morgan fingerprint density at radius 2 is 2.00 bits per heavy atom. The van der Waals surface area contributed by atoms with E-state index in [1.165, 1.54) is 12.8 Å². The average Bonchev–Trinajstić information content (AvgIpc) is 2.37. The molecule has 106 valence electrons. The predicted octanol–water partition coefficient (Wildman–Crippen LogP) is 2.81. The third-order valence-electron chi connectivity index (χ3n) is 2.99. The molecule has 0 spiro atoms. The number of carbonyl (C=O) groups excluding carboxylic acids is 1. The zero-order valence-electron chi connectivity index (χ0n) is 12.1. The molecule has 19 heavy (non-hydrogen) atoms. The second-order valence-electron chi connectivity index (χ2n) is 4.82. The molecule has 4 nitrogen and oxygen atoms in total. The van der Waals surface area contributed by atoms with Gasteiger partial charge in [0.2, 0.25) is 0 Å². The molecule has 4 heteroatoms. The molecule has 2 N–H and O–H groups in total. The topological polar surface area (TPSA) is 55.6 Å². The molecule has 0 radical (unpaired) electrons. The van der Waals surface area contributed by atoms with Gasteiger partial charge in [0, 0.05) is 14.1 Å². The number of ether oxygens (including phenoxy) is 1. The molecule has 1 aromatic rings. The van der Waals surface area contributed by atoms with Gasteiger partial charge in [0.15, 0.2) is 0 Å². The standard InChI is InChI=1S/C15H24N2O2/c1-4-5-6-7-11-19-13-10-8-9-12(17(2)3)14(13)15(16)18/h8-10H,4-7,11H2,1-3H3,(H2,16,18). The third-order valence-corrected chi connectivity index (χ3v) is 2.99. The molecule has 0 saturated heterocycles. The summed E-state index contributed by atoms with van der Waals surface area (Å²) in [5, 5.41) is 0. The van der Waals surface area contributed by atoms with E-state index in [4.69, 9.17) is 10.5 Å². The SMILES string of the molecule is CCCCCCOc1cccc(N(C)C)c1C(N)=O. The number of hydrogen-bond donors (Lipinski definition) is 1. The zero-order valence-corrected chi connectivity index (χ0v) is 12.1. The summed E-state index contributed by atoms with van der Waals surface area (Å²) in [6, 6.07) is 5.54. The molecule has 1 aromatic carbocycles. The van der Waals surface area contributed by atoms with Crippen LogP contribution in [0.25, 0.3) is 0 Å². The minimum absolute atomic E-state index is 0.451. The molecule has 0 aliphatic carbocycles. The number of unbranched alkanes of at least 4 members (excludes halogenated alkanes) is 3. The van der Waals surface area contributed by atoms with Crippen molar-refractivity contribution < 1.29 is 9.53 Å². The molecule has 0 unspecified atom stereocenters. The first kappa shape index (κ1) is 15.3. The first-order valence-corrected chi connectivity index (χ1v) is 6.80. The van der Waals surface area contributed by atoms with Gasteiger partial charge >= 0.3 is 0 Å². The largest absolute Gasteiger partial charge is 0.493 e. The maximum absolute atomic E-state index is 11.6. The molecule has 0 saturated carbocycles. The van der Waals surface area contributed by atoms with Gasteiger partial charge in [0.1, 0.15) is 11.3 Å². The summed E-state index contributed by atoms with van der Waals surface area (Å²) in [6.45, 7) is 2.80. The van der Waals surface area contributed by atoms with Crippen LogP contribution in [0, 0.1) is 0 Å². The normalized spacial score (nSPS) is 10.3. The van der Waals surface area contributed by atoms with E-state index in [1.54, 1.807) is 6.07 Å². The number of carbonyl (C=O) groups is 1. The van der Waals surface area contributed by atoms with Crippen molar-refractivity contribution in [1.82, 2.24) is 0 Å². The first-order chi connectivity index (χ1) is 9.07. The molecular weight excluding hydrogens is 240 g/mol. The summed E-state index contributed by atoms with van der Waals surface area (Å²) in [5.74, 6) is 0.128.